The summed E-state index contributed by atoms with van der Waals surface area (Å²) in [5.41, 5.74) is 9.13. The van der Waals surface area contributed by atoms with Gasteiger partial charge in [0.1, 0.15) is 5.82 Å². The van der Waals surface area contributed by atoms with Gasteiger partial charge in [0.05, 0.1) is 12.2 Å². The highest BCUT2D eigenvalue weighted by Gasteiger charge is 2.14. The van der Waals surface area contributed by atoms with E-state index in [-0.39, 0.29) is 5.82 Å². The Bertz CT molecular complexity index is 520. The maximum absolute atomic E-state index is 13.6. The van der Waals surface area contributed by atoms with Gasteiger partial charge in [0.2, 0.25) is 0 Å². The van der Waals surface area contributed by atoms with Gasteiger partial charge in [0.25, 0.3) is 0 Å². The number of rotatable bonds is 2. The van der Waals surface area contributed by atoms with Gasteiger partial charge >= 0.3 is 0 Å². The molecule has 0 aromatic carbocycles. The molecule has 88 valence electrons. The second-order valence-corrected chi connectivity index (χ2v) is 4.06. The molecular formula is C13H14FN3. The Kier molecular flexibility index (Phi) is 3.15. The third kappa shape index (κ3) is 2.47. The van der Waals surface area contributed by atoms with Crippen LogP contribution in [0.2, 0.25) is 0 Å². The summed E-state index contributed by atoms with van der Waals surface area (Å²) in [6.45, 7) is 3.79. The van der Waals surface area contributed by atoms with E-state index in [4.69, 9.17) is 5.73 Å². The minimum Gasteiger partial charge on any atom is -0.320 e. The smallest absolute Gasteiger partial charge is 0.146 e. The summed E-state index contributed by atoms with van der Waals surface area (Å²) in [4.78, 5) is 7.98. The number of nitrogens with zero attached hydrogens (tertiary/aromatic N) is 2. The number of hydrogen-bond acceptors (Lipinski definition) is 3. The van der Waals surface area contributed by atoms with Crippen LogP contribution in [0, 0.1) is 19.7 Å². The number of pyridine rings is 2. The van der Waals surface area contributed by atoms with E-state index in [9.17, 15) is 4.39 Å². The lowest BCUT2D eigenvalue weighted by Crippen LogP contribution is -2.14. The summed E-state index contributed by atoms with van der Waals surface area (Å²) in [5, 5.41) is 0. The molecule has 1 unspecified atom stereocenters. The van der Waals surface area contributed by atoms with Crippen molar-refractivity contribution in [3.05, 3.63) is 58.9 Å². The van der Waals surface area contributed by atoms with Crippen molar-refractivity contribution in [3.63, 3.8) is 0 Å². The second-order valence-electron chi connectivity index (χ2n) is 4.06. The topological polar surface area (TPSA) is 51.8 Å². The fourth-order valence-electron chi connectivity index (χ4n) is 1.86. The predicted octanol–water partition coefficient (Wildman–Crippen LogP) is 2.28. The normalized spacial score (nSPS) is 12.5. The zero-order valence-corrected chi connectivity index (χ0v) is 9.81. The lowest BCUT2D eigenvalue weighted by atomic mass is 10.00. The standard InChI is InChI=1S/C13H14FN3/c1-8-5-10(6-9(2)17-8)13(15)11-3-4-16-7-12(11)14/h3-7,13H,15H2,1-2H3. The van der Waals surface area contributed by atoms with Crippen molar-refractivity contribution in [1.29, 1.82) is 0 Å². The van der Waals surface area contributed by atoms with Crippen LogP contribution in [0.15, 0.2) is 30.6 Å². The molecule has 2 aromatic rings. The van der Waals surface area contributed by atoms with E-state index in [0.717, 1.165) is 17.0 Å². The molecule has 2 aromatic heterocycles. The number of aromatic nitrogens is 2. The van der Waals surface area contributed by atoms with E-state index in [1.54, 1.807) is 12.3 Å². The van der Waals surface area contributed by atoms with Crippen molar-refractivity contribution in [2.45, 2.75) is 19.9 Å². The van der Waals surface area contributed by atoms with Gasteiger partial charge < -0.3 is 5.73 Å². The van der Waals surface area contributed by atoms with Gasteiger partial charge in [-0.2, -0.15) is 0 Å². The molecule has 4 heteroatoms. The van der Waals surface area contributed by atoms with Crippen molar-refractivity contribution in [2.75, 3.05) is 0 Å². The van der Waals surface area contributed by atoms with Crippen LogP contribution in [0.25, 0.3) is 0 Å². The van der Waals surface area contributed by atoms with Crippen LogP contribution in [-0.2, 0) is 0 Å². The van der Waals surface area contributed by atoms with E-state index >= 15 is 0 Å². The average Bonchev–Trinajstić information content (AvgIpc) is 2.27. The lowest BCUT2D eigenvalue weighted by Gasteiger charge is -2.14. The largest absolute Gasteiger partial charge is 0.320 e. The van der Waals surface area contributed by atoms with Crippen LogP contribution < -0.4 is 5.73 Å². The van der Waals surface area contributed by atoms with Crippen molar-refractivity contribution in [3.8, 4) is 0 Å². The van der Waals surface area contributed by atoms with Crippen molar-refractivity contribution >= 4 is 0 Å². The van der Waals surface area contributed by atoms with Gasteiger partial charge in [-0.1, -0.05) is 0 Å². The minimum atomic E-state index is -0.488. The molecule has 0 saturated carbocycles. The van der Waals surface area contributed by atoms with Crippen LogP contribution in [-0.4, -0.2) is 9.97 Å². The first kappa shape index (κ1) is 11.7. The molecule has 0 saturated heterocycles. The first-order chi connectivity index (χ1) is 8.08. The van der Waals surface area contributed by atoms with Crippen LogP contribution >= 0.6 is 0 Å². The fourth-order valence-corrected chi connectivity index (χ4v) is 1.86. The average molecular weight is 231 g/mol. The van der Waals surface area contributed by atoms with Crippen molar-refractivity contribution in [1.82, 2.24) is 9.97 Å². The van der Waals surface area contributed by atoms with Crippen molar-refractivity contribution < 1.29 is 4.39 Å². The molecule has 0 aliphatic carbocycles. The van der Waals surface area contributed by atoms with Gasteiger partial charge in [0.15, 0.2) is 0 Å². The van der Waals surface area contributed by atoms with E-state index < -0.39 is 6.04 Å². The molecule has 0 aliphatic rings. The maximum Gasteiger partial charge on any atom is 0.146 e. The molecule has 17 heavy (non-hydrogen) atoms. The van der Waals surface area contributed by atoms with Crippen molar-refractivity contribution in [2.24, 2.45) is 5.73 Å². The van der Waals surface area contributed by atoms with Gasteiger partial charge in [0, 0.05) is 23.1 Å². The van der Waals surface area contributed by atoms with Crippen LogP contribution in [0.1, 0.15) is 28.6 Å². The molecular weight excluding hydrogens is 217 g/mol. The first-order valence-corrected chi connectivity index (χ1v) is 5.38. The summed E-state index contributed by atoms with van der Waals surface area (Å²) >= 11 is 0. The molecule has 0 radical (unpaired) electrons. The fraction of sp³-hybridized carbons (Fsp3) is 0.231. The summed E-state index contributed by atoms with van der Waals surface area (Å²) in [5.74, 6) is -0.382. The third-order valence-electron chi connectivity index (χ3n) is 2.60. The van der Waals surface area contributed by atoms with Crippen LogP contribution in [0.3, 0.4) is 0 Å². The van der Waals surface area contributed by atoms with E-state index in [2.05, 4.69) is 9.97 Å². The van der Waals surface area contributed by atoms with Gasteiger partial charge in [-0.25, -0.2) is 4.39 Å². The first-order valence-electron chi connectivity index (χ1n) is 5.38. The number of halogens is 1. The molecule has 0 bridgehead atoms. The summed E-state index contributed by atoms with van der Waals surface area (Å²) in [6.07, 6.45) is 2.72. The summed E-state index contributed by atoms with van der Waals surface area (Å²) < 4.78 is 13.6. The lowest BCUT2D eigenvalue weighted by molar-refractivity contribution is 0.593. The highest BCUT2D eigenvalue weighted by atomic mass is 19.1. The monoisotopic (exact) mass is 231 g/mol. The molecule has 0 fully saturated rings. The molecule has 0 spiro atoms. The summed E-state index contributed by atoms with van der Waals surface area (Å²) in [6, 6.07) is 4.86. The molecule has 3 nitrogen and oxygen atoms in total. The minimum absolute atomic E-state index is 0.382. The van der Waals surface area contributed by atoms with Crippen LogP contribution in [0.5, 0.6) is 0 Å². The maximum atomic E-state index is 13.6. The summed E-state index contributed by atoms with van der Waals surface area (Å²) in [7, 11) is 0. The Labute approximate surface area is 99.5 Å². The van der Waals surface area contributed by atoms with E-state index in [1.165, 1.54) is 6.20 Å². The molecule has 0 amide bonds. The number of aryl methyl sites for hydroxylation is 2. The van der Waals surface area contributed by atoms with Gasteiger partial charge in [-0.3, -0.25) is 9.97 Å². The van der Waals surface area contributed by atoms with E-state index in [0.29, 0.717) is 5.56 Å². The molecule has 2 heterocycles. The Hall–Kier alpha value is -1.81. The van der Waals surface area contributed by atoms with Gasteiger partial charge in [-0.15, -0.1) is 0 Å². The molecule has 2 rings (SSSR count). The zero-order valence-electron chi connectivity index (χ0n) is 9.81. The highest BCUT2D eigenvalue weighted by Crippen LogP contribution is 2.22. The Morgan fingerprint density at radius 2 is 1.88 bits per heavy atom. The Balaban J connectivity index is 2.43. The highest BCUT2D eigenvalue weighted by molar-refractivity contribution is 5.32. The molecule has 2 N–H and O–H groups in total. The Morgan fingerprint density at radius 3 is 2.47 bits per heavy atom. The Morgan fingerprint density at radius 1 is 1.24 bits per heavy atom. The predicted molar refractivity (Wildman–Crippen MR) is 63.9 cm³/mol. The SMILES string of the molecule is Cc1cc(C(N)c2ccncc2F)cc(C)n1. The number of hydrogen-bond donors (Lipinski definition) is 1. The quantitative estimate of drug-likeness (QED) is 0.862. The second kappa shape index (κ2) is 4.59. The van der Waals surface area contributed by atoms with Crippen LogP contribution in [0.4, 0.5) is 4.39 Å². The molecule has 0 aliphatic heterocycles. The van der Waals surface area contributed by atoms with Gasteiger partial charge in [-0.05, 0) is 37.6 Å². The van der Waals surface area contributed by atoms with E-state index in [1.807, 2.05) is 26.0 Å². The number of nitrogens with two attached hydrogens (primary N) is 1. The zero-order chi connectivity index (χ0) is 12.4. The third-order valence-corrected chi connectivity index (χ3v) is 2.60. The molecule has 1 atom stereocenters.